The molecule has 0 bridgehead atoms. The van der Waals surface area contributed by atoms with Crippen LogP contribution in [0.5, 0.6) is 0 Å². The minimum Gasteiger partial charge on any atom is -0.462 e. The third-order valence-corrected chi connectivity index (χ3v) is 5.35. The Hall–Kier alpha value is -1.96. The topological polar surface area (TPSA) is 46.6 Å². The van der Waals surface area contributed by atoms with E-state index in [4.69, 9.17) is 17.0 Å². The molecule has 0 unspecified atom stereocenters. The van der Waals surface area contributed by atoms with Gasteiger partial charge in [0.15, 0.2) is 4.32 Å². The molecule has 0 aliphatic carbocycles. The molecular formula is C17H13NO3S3. The molecule has 1 fully saturated rings. The Labute approximate surface area is 153 Å². The van der Waals surface area contributed by atoms with Crippen molar-refractivity contribution in [2.75, 3.05) is 11.5 Å². The van der Waals surface area contributed by atoms with Crippen molar-refractivity contribution in [3.8, 4) is 0 Å². The van der Waals surface area contributed by atoms with Crippen molar-refractivity contribution in [1.29, 1.82) is 0 Å². The molecule has 24 heavy (non-hydrogen) atoms. The van der Waals surface area contributed by atoms with E-state index in [0.717, 1.165) is 4.88 Å². The maximum atomic E-state index is 12.7. The monoisotopic (exact) mass is 375 g/mol. The number of thioether (sulfide) groups is 1. The molecule has 3 rings (SSSR count). The molecule has 7 heteroatoms. The zero-order valence-corrected chi connectivity index (χ0v) is 15.2. The Morgan fingerprint density at radius 2 is 2.17 bits per heavy atom. The van der Waals surface area contributed by atoms with E-state index in [1.54, 1.807) is 42.5 Å². The maximum Gasteiger partial charge on any atom is 0.338 e. The van der Waals surface area contributed by atoms with E-state index in [-0.39, 0.29) is 5.91 Å². The number of rotatable bonds is 4. The second kappa shape index (κ2) is 7.29. The van der Waals surface area contributed by atoms with Crippen LogP contribution in [-0.4, -0.2) is 22.8 Å². The van der Waals surface area contributed by atoms with Gasteiger partial charge in [0.05, 0.1) is 22.8 Å². The Bertz CT molecular complexity index is 827. The molecule has 2 aromatic rings. The van der Waals surface area contributed by atoms with Crippen LogP contribution in [0.25, 0.3) is 6.08 Å². The number of esters is 1. The predicted molar refractivity (Wildman–Crippen MR) is 102 cm³/mol. The number of benzene rings is 1. The lowest BCUT2D eigenvalue weighted by Gasteiger charge is -2.15. The van der Waals surface area contributed by atoms with Crippen molar-refractivity contribution in [3.63, 3.8) is 0 Å². The summed E-state index contributed by atoms with van der Waals surface area (Å²) in [5, 5.41) is 1.95. The highest BCUT2D eigenvalue weighted by Gasteiger charge is 2.33. The van der Waals surface area contributed by atoms with Crippen molar-refractivity contribution >= 4 is 63.3 Å². The van der Waals surface area contributed by atoms with Gasteiger partial charge in [-0.15, -0.1) is 11.3 Å². The number of thiophene rings is 1. The minimum absolute atomic E-state index is 0.181. The summed E-state index contributed by atoms with van der Waals surface area (Å²) < 4.78 is 5.45. The summed E-state index contributed by atoms with van der Waals surface area (Å²) in [7, 11) is 0. The average molecular weight is 375 g/mol. The molecule has 0 spiro atoms. The van der Waals surface area contributed by atoms with Gasteiger partial charge in [-0.3, -0.25) is 9.69 Å². The largest absolute Gasteiger partial charge is 0.462 e. The number of amides is 1. The van der Waals surface area contributed by atoms with Gasteiger partial charge in [0.25, 0.3) is 5.91 Å². The van der Waals surface area contributed by atoms with Gasteiger partial charge >= 0.3 is 5.97 Å². The zero-order chi connectivity index (χ0) is 17.1. The van der Waals surface area contributed by atoms with E-state index < -0.39 is 5.97 Å². The number of thiocarbonyl (C=S) groups is 1. The Morgan fingerprint density at radius 1 is 1.33 bits per heavy atom. The summed E-state index contributed by atoms with van der Waals surface area (Å²) in [6, 6.07) is 10.6. The van der Waals surface area contributed by atoms with Crippen molar-refractivity contribution in [1.82, 2.24) is 0 Å². The summed E-state index contributed by atoms with van der Waals surface area (Å²) in [6.45, 7) is 2.05. The molecule has 1 aromatic carbocycles. The molecule has 0 saturated carbocycles. The average Bonchev–Trinajstić information content (AvgIpc) is 3.17. The van der Waals surface area contributed by atoms with Gasteiger partial charge in [0.1, 0.15) is 0 Å². The van der Waals surface area contributed by atoms with Gasteiger partial charge in [-0.25, -0.2) is 4.79 Å². The lowest BCUT2D eigenvalue weighted by atomic mass is 10.2. The molecular weight excluding hydrogens is 362 g/mol. The number of hydrogen-bond acceptors (Lipinski definition) is 6. The van der Waals surface area contributed by atoms with Crippen LogP contribution in [0.3, 0.4) is 0 Å². The van der Waals surface area contributed by atoms with Crippen LogP contribution in [0, 0.1) is 0 Å². The standard InChI is InChI=1S/C17H13NO3S3/c1-2-21-16(20)11-5-3-6-12(9-11)18-15(19)14(24-17(18)22)10-13-7-4-8-23-13/h3-10H,2H2,1H3. The summed E-state index contributed by atoms with van der Waals surface area (Å²) >= 11 is 8.16. The normalized spacial score (nSPS) is 16.0. The SMILES string of the molecule is CCOC(=O)c1cccc(N2C(=O)C(=Cc3cccs3)SC2=S)c1. The fourth-order valence-electron chi connectivity index (χ4n) is 2.18. The fourth-order valence-corrected chi connectivity index (χ4v) is 4.20. The second-order valence-corrected chi connectivity index (χ2v) is 7.46. The molecule has 1 aromatic heterocycles. The van der Waals surface area contributed by atoms with E-state index in [1.165, 1.54) is 16.7 Å². The minimum atomic E-state index is -0.418. The summed E-state index contributed by atoms with van der Waals surface area (Å²) in [4.78, 5) is 27.6. The van der Waals surface area contributed by atoms with E-state index in [1.807, 2.05) is 23.6 Å². The predicted octanol–water partition coefficient (Wildman–Crippen LogP) is 4.33. The molecule has 4 nitrogen and oxygen atoms in total. The first-order chi connectivity index (χ1) is 11.6. The lowest BCUT2D eigenvalue weighted by molar-refractivity contribution is -0.113. The van der Waals surface area contributed by atoms with Gasteiger partial charge in [0, 0.05) is 4.88 Å². The van der Waals surface area contributed by atoms with Crippen molar-refractivity contribution < 1.29 is 14.3 Å². The van der Waals surface area contributed by atoms with Crippen molar-refractivity contribution in [2.45, 2.75) is 6.92 Å². The molecule has 1 saturated heterocycles. The van der Waals surface area contributed by atoms with Crippen LogP contribution in [-0.2, 0) is 9.53 Å². The zero-order valence-electron chi connectivity index (χ0n) is 12.7. The van der Waals surface area contributed by atoms with Gasteiger partial charge < -0.3 is 4.74 Å². The highest BCUT2D eigenvalue weighted by atomic mass is 32.2. The molecule has 2 heterocycles. The maximum absolute atomic E-state index is 12.7. The van der Waals surface area contributed by atoms with Crippen molar-refractivity contribution in [2.24, 2.45) is 0 Å². The van der Waals surface area contributed by atoms with E-state index >= 15 is 0 Å². The quantitative estimate of drug-likeness (QED) is 0.452. The molecule has 1 aliphatic heterocycles. The first kappa shape index (κ1) is 16.9. The third-order valence-electron chi connectivity index (χ3n) is 3.23. The van der Waals surface area contributed by atoms with Gasteiger partial charge in [-0.2, -0.15) is 0 Å². The highest BCUT2D eigenvalue weighted by molar-refractivity contribution is 8.27. The van der Waals surface area contributed by atoms with Crippen LogP contribution in [0.4, 0.5) is 5.69 Å². The molecule has 0 atom stereocenters. The van der Waals surface area contributed by atoms with E-state index in [2.05, 4.69) is 0 Å². The summed E-state index contributed by atoms with van der Waals surface area (Å²) in [5.41, 5.74) is 0.961. The van der Waals surface area contributed by atoms with Crippen LogP contribution in [0.15, 0.2) is 46.7 Å². The summed E-state index contributed by atoms with van der Waals surface area (Å²) in [5.74, 6) is -0.599. The highest BCUT2D eigenvalue weighted by Crippen LogP contribution is 2.36. The molecule has 0 radical (unpaired) electrons. The molecule has 1 aliphatic rings. The van der Waals surface area contributed by atoms with E-state index in [0.29, 0.717) is 27.1 Å². The Balaban J connectivity index is 1.90. The molecule has 122 valence electrons. The number of ether oxygens (including phenoxy) is 1. The van der Waals surface area contributed by atoms with Crippen LogP contribution in [0.1, 0.15) is 22.2 Å². The third kappa shape index (κ3) is 3.43. The number of carbonyl (C=O) groups is 2. The number of nitrogens with zero attached hydrogens (tertiary/aromatic N) is 1. The first-order valence-electron chi connectivity index (χ1n) is 7.19. The van der Waals surface area contributed by atoms with Gasteiger partial charge in [-0.1, -0.05) is 36.1 Å². The molecule has 0 N–H and O–H groups in total. The fraction of sp³-hybridized carbons (Fsp3) is 0.118. The second-order valence-electron chi connectivity index (χ2n) is 4.80. The lowest BCUT2D eigenvalue weighted by Crippen LogP contribution is -2.27. The van der Waals surface area contributed by atoms with Crippen LogP contribution in [0.2, 0.25) is 0 Å². The van der Waals surface area contributed by atoms with Gasteiger partial charge in [-0.05, 0) is 42.6 Å². The van der Waals surface area contributed by atoms with E-state index in [9.17, 15) is 9.59 Å². The van der Waals surface area contributed by atoms with Crippen LogP contribution >= 0.6 is 35.3 Å². The number of hydrogen-bond donors (Lipinski definition) is 0. The Morgan fingerprint density at radius 3 is 2.88 bits per heavy atom. The first-order valence-corrected chi connectivity index (χ1v) is 9.29. The Kier molecular flexibility index (Phi) is 5.13. The molecule has 1 amide bonds. The van der Waals surface area contributed by atoms with Crippen LogP contribution < -0.4 is 4.90 Å². The summed E-state index contributed by atoms with van der Waals surface area (Å²) in [6.07, 6.45) is 1.83. The number of carbonyl (C=O) groups excluding carboxylic acids is 2. The smallest absolute Gasteiger partial charge is 0.338 e. The van der Waals surface area contributed by atoms with Gasteiger partial charge in [0.2, 0.25) is 0 Å². The number of anilines is 1. The van der Waals surface area contributed by atoms with Crippen molar-refractivity contribution in [3.05, 3.63) is 57.1 Å².